The van der Waals surface area contributed by atoms with E-state index in [-0.39, 0.29) is 0 Å². The fourth-order valence-corrected chi connectivity index (χ4v) is 11.1. The highest BCUT2D eigenvalue weighted by atomic mass is 14.1. The zero-order chi connectivity index (χ0) is 60.8. The van der Waals surface area contributed by atoms with Crippen molar-refractivity contribution in [3.8, 4) is 0 Å². The van der Waals surface area contributed by atoms with Crippen molar-refractivity contribution in [2.45, 2.75) is 145 Å². The van der Waals surface area contributed by atoms with Gasteiger partial charge in [-0.2, -0.15) is 0 Å². The van der Waals surface area contributed by atoms with Crippen molar-refractivity contribution in [2.75, 3.05) is 0 Å². The van der Waals surface area contributed by atoms with Gasteiger partial charge in [0.2, 0.25) is 0 Å². The van der Waals surface area contributed by atoms with Gasteiger partial charge in [0.05, 0.1) is 0 Å². The van der Waals surface area contributed by atoms with Gasteiger partial charge < -0.3 is 0 Å². The minimum Gasteiger partial charge on any atom is -0.0616 e. The Hall–Kier alpha value is -8.06. The van der Waals surface area contributed by atoms with E-state index in [4.69, 9.17) is 0 Å². The zero-order valence-corrected chi connectivity index (χ0v) is 54.4. The molecule has 0 bridgehead atoms. The topological polar surface area (TPSA) is 0 Å². The van der Waals surface area contributed by atoms with E-state index >= 15 is 0 Å². The van der Waals surface area contributed by atoms with Crippen LogP contribution in [-0.2, 0) is 0 Å². The van der Waals surface area contributed by atoms with Crippen LogP contribution in [0.1, 0.15) is 117 Å². The lowest BCUT2D eigenvalue weighted by Gasteiger charge is -2.15. The highest BCUT2D eigenvalue weighted by Gasteiger charge is 2.08. The lowest BCUT2D eigenvalue weighted by atomic mass is 9.90. The van der Waals surface area contributed by atoms with E-state index in [1.54, 1.807) is 0 Å². The first-order valence-electron chi connectivity index (χ1n) is 29.8. The van der Waals surface area contributed by atoms with Gasteiger partial charge >= 0.3 is 0 Å². The Morgan fingerprint density at radius 2 is 0.458 bits per heavy atom. The van der Waals surface area contributed by atoms with Crippen LogP contribution in [0.5, 0.6) is 0 Å². The number of fused-ring (bicyclic) bond motifs is 5. The molecule has 0 radical (unpaired) electrons. The maximum absolute atomic E-state index is 2.26. The van der Waals surface area contributed by atoms with Gasteiger partial charge in [0, 0.05) is 0 Å². The first kappa shape index (κ1) is 64.1. The summed E-state index contributed by atoms with van der Waals surface area (Å²) < 4.78 is 0. The molecule has 12 aromatic rings. The van der Waals surface area contributed by atoms with Crippen LogP contribution < -0.4 is 0 Å². The molecule has 0 spiro atoms. The quantitative estimate of drug-likeness (QED) is 0.142. The lowest BCUT2D eigenvalue weighted by molar-refractivity contribution is 1.13. The normalized spacial score (nSPS) is 10.5. The molecule has 0 saturated carbocycles. The Balaban J connectivity index is 0.000000156. The molecule has 0 aliphatic heterocycles. The number of hydrogen-bond acceptors (Lipinski definition) is 0. The van der Waals surface area contributed by atoms with Crippen molar-refractivity contribution in [3.05, 3.63) is 305 Å². The average molecular weight is 1090 g/mol. The van der Waals surface area contributed by atoms with Crippen molar-refractivity contribution in [1.29, 1.82) is 0 Å². The summed E-state index contributed by atoms with van der Waals surface area (Å²) in [6.45, 7) is 45.7. The first-order valence-corrected chi connectivity index (χ1v) is 29.8. The Kier molecular flexibility index (Phi) is 22.6. The number of aryl methyl sites for hydroxylation is 12. The molecule has 83 heavy (non-hydrogen) atoms. The summed E-state index contributed by atoms with van der Waals surface area (Å²) >= 11 is 0. The third-order valence-corrected chi connectivity index (χ3v) is 17.8. The van der Waals surface area contributed by atoms with Gasteiger partial charge in [-0.1, -0.05) is 199 Å². The van der Waals surface area contributed by atoms with Crippen molar-refractivity contribution < 1.29 is 0 Å². The summed E-state index contributed by atoms with van der Waals surface area (Å²) in [5, 5.41) is 13.6. The van der Waals surface area contributed by atoms with Crippen molar-refractivity contribution >= 4 is 53.9 Å². The zero-order valence-electron chi connectivity index (χ0n) is 54.4. The second kappa shape index (κ2) is 29.3. The predicted octanol–water partition coefficient (Wildman–Crippen LogP) is 24.0. The van der Waals surface area contributed by atoms with E-state index in [1.165, 1.54) is 171 Å². The summed E-state index contributed by atoms with van der Waals surface area (Å²) in [5.74, 6) is 0. The molecule has 0 N–H and O–H groups in total. The third-order valence-electron chi connectivity index (χ3n) is 17.8. The van der Waals surface area contributed by atoms with Gasteiger partial charge in [-0.25, -0.2) is 0 Å². The van der Waals surface area contributed by atoms with Crippen LogP contribution in [0.3, 0.4) is 0 Å². The van der Waals surface area contributed by atoms with E-state index in [0.717, 1.165) is 0 Å². The highest BCUT2D eigenvalue weighted by Crippen LogP contribution is 2.27. The van der Waals surface area contributed by atoms with Crippen molar-refractivity contribution in [1.82, 2.24) is 0 Å². The summed E-state index contributed by atoms with van der Waals surface area (Å²) in [5.41, 5.74) is 29.4. The van der Waals surface area contributed by atoms with Crippen LogP contribution in [0.25, 0.3) is 53.9 Å². The second-order valence-corrected chi connectivity index (χ2v) is 23.5. The molecule has 0 nitrogen and oxygen atoms in total. The van der Waals surface area contributed by atoms with Crippen molar-refractivity contribution in [2.24, 2.45) is 0 Å². The molecule has 0 atom stereocenters. The summed E-state index contributed by atoms with van der Waals surface area (Å²) in [6, 6.07) is 66.9. The molecule has 0 amide bonds. The first-order chi connectivity index (χ1) is 39.4. The minimum absolute atomic E-state index is 1.33. The van der Waals surface area contributed by atoms with Crippen molar-refractivity contribution in [3.63, 3.8) is 0 Å². The van der Waals surface area contributed by atoms with E-state index in [2.05, 4.69) is 333 Å². The molecular formula is C83H94. The Morgan fingerprint density at radius 3 is 0.928 bits per heavy atom. The molecule has 0 aromatic heterocycles. The van der Waals surface area contributed by atoms with Gasteiger partial charge in [0.15, 0.2) is 0 Å². The predicted molar refractivity (Wildman–Crippen MR) is 372 cm³/mol. The molecular weight excluding hydrogens is 997 g/mol. The van der Waals surface area contributed by atoms with Crippen LogP contribution in [-0.4, -0.2) is 0 Å². The minimum atomic E-state index is 1.33. The molecule has 0 saturated heterocycles. The summed E-state index contributed by atoms with van der Waals surface area (Å²) in [6.07, 6.45) is 0. The van der Waals surface area contributed by atoms with Gasteiger partial charge in [0.25, 0.3) is 0 Å². The van der Waals surface area contributed by atoms with E-state index in [1.807, 2.05) is 0 Å². The van der Waals surface area contributed by atoms with Crippen LogP contribution in [0.15, 0.2) is 188 Å². The monoisotopic (exact) mass is 1090 g/mol. The van der Waals surface area contributed by atoms with Gasteiger partial charge in [-0.15, -0.1) is 0 Å². The smallest absolute Gasteiger partial charge is 0.0152 e. The van der Waals surface area contributed by atoms with E-state index < -0.39 is 0 Å². The third kappa shape index (κ3) is 16.1. The van der Waals surface area contributed by atoms with Crippen LogP contribution in [0.2, 0.25) is 0 Å². The molecule has 12 rings (SSSR count). The average Bonchev–Trinajstić information content (AvgIpc) is 3.63. The summed E-state index contributed by atoms with van der Waals surface area (Å²) in [7, 11) is 0. The molecule has 0 heterocycles. The van der Waals surface area contributed by atoms with Crippen LogP contribution >= 0.6 is 0 Å². The SMILES string of the molecule is Cc1c(C)c(C)c(C)c(C)c1C.Cc1cc(C)c(C)c(C)c1C.Cc1cc(C)c2ccccc2c1.Cc1ccc(C)c2ccccc12.Cc1ccc2c(C)cccc2c1.Cc1ccc2ccccc2c1C.Cc1cccc2c(C)cccc12. The van der Waals surface area contributed by atoms with Gasteiger partial charge in [-0.3, -0.25) is 0 Å². The molecule has 0 unspecified atom stereocenters. The highest BCUT2D eigenvalue weighted by molar-refractivity contribution is 5.90. The summed E-state index contributed by atoms with van der Waals surface area (Å²) in [4.78, 5) is 0. The van der Waals surface area contributed by atoms with Crippen LogP contribution in [0.4, 0.5) is 0 Å². The number of benzene rings is 12. The molecule has 0 aliphatic rings. The van der Waals surface area contributed by atoms with E-state index in [9.17, 15) is 0 Å². The van der Waals surface area contributed by atoms with Crippen LogP contribution in [0, 0.1) is 145 Å². The molecule has 12 aromatic carbocycles. The van der Waals surface area contributed by atoms with E-state index in [0.29, 0.717) is 0 Å². The maximum Gasteiger partial charge on any atom is -0.0152 e. The van der Waals surface area contributed by atoms with Gasteiger partial charge in [0.1, 0.15) is 0 Å². The molecule has 0 aliphatic carbocycles. The molecule has 426 valence electrons. The lowest BCUT2D eigenvalue weighted by Crippen LogP contribution is -1.98. The second-order valence-electron chi connectivity index (χ2n) is 23.5. The molecule has 0 heteroatoms. The Morgan fingerprint density at radius 1 is 0.145 bits per heavy atom. The molecule has 0 fully saturated rings. The Bertz CT molecular complexity index is 3920. The fourth-order valence-electron chi connectivity index (χ4n) is 11.1. The Labute approximate surface area is 501 Å². The van der Waals surface area contributed by atoms with Gasteiger partial charge in [-0.05, 0) is 305 Å². The maximum atomic E-state index is 2.26. The standard InChI is InChI=1S/5C12H12.C12H18.C11H16/c1-9-5-3-8-12-10(2)6-4-7-11(9)12;1-9-6-7-12-10(2)4-3-5-11(12)8-9;1-9-7-10(2)12-6-4-3-5-11(12)8-9;1-9-7-8-11-5-3-4-6-12(11)10(9)2;1-9-7-8-10(2)12-6-4-3-5-11(9)12;1-7-8(2)10(4)12(6)11(5)9(7)3;1-7-6-8(2)10(4)11(5)9(7)3/h5*3-8H,1-2H3;1-6H3;6H,1-5H3. The number of hydrogen-bond donors (Lipinski definition) is 0. The largest absolute Gasteiger partial charge is 0.0616 e. The fraction of sp³-hybridized carbons (Fsp3) is 0.253. The number of rotatable bonds is 0.